The van der Waals surface area contributed by atoms with Crippen molar-refractivity contribution in [2.75, 3.05) is 31.6 Å². The molecule has 2 N–H and O–H groups in total. The standard InChI is InChI=1S/C15H22FN3S2/c1-17-15(19-11-14-3-2-9-20-14)18-8-10-21-13-6-4-12(16)5-7-13/h4-7,14H,2-3,8-11H2,1H3,(H2,17,18,19). The van der Waals surface area contributed by atoms with Crippen LogP contribution in [0.25, 0.3) is 0 Å². The van der Waals surface area contributed by atoms with Gasteiger partial charge in [0.1, 0.15) is 5.82 Å². The van der Waals surface area contributed by atoms with E-state index in [1.165, 1.54) is 30.7 Å². The van der Waals surface area contributed by atoms with Crippen LogP contribution in [0.4, 0.5) is 4.39 Å². The maximum absolute atomic E-state index is 12.8. The number of nitrogens with zero attached hydrogens (tertiary/aromatic N) is 1. The first-order valence-electron chi connectivity index (χ1n) is 7.22. The van der Waals surface area contributed by atoms with Crippen LogP contribution in [0.2, 0.25) is 0 Å². The molecule has 0 spiro atoms. The molecule has 2 rings (SSSR count). The molecule has 0 saturated carbocycles. The third kappa shape index (κ3) is 6.18. The van der Waals surface area contributed by atoms with Gasteiger partial charge in [0.25, 0.3) is 0 Å². The van der Waals surface area contributed by atoms with Crippen LogP contribution < -0.4 is 10.6 Å². The lowest BCUT2D eigenvalue weighted by Gasteiger charge is -2.14. The average Bonchev–Trinajstić information content (AvgIpc) is 3.02. The summed E-state index contributed by atoms with van der Waals surface area (Å²) in [6, 6.07) is 6.61. The van der Waals surface area contributed by atoms with Crippen LogP contribution in [-0.2, 0) is 0 Å². The van der Waals surface area contributed by atoms with Crippen molar-refractivity contribution in [3.63, 3.8) is 0 Å². The second kappa shape index (κ2) is 9.20. The summed E-state index contributed by atoms with van der Waals surface area (Å²) in [7, 11) is 1.80. The molecule has 0 aromatic heterocycles. The fourth-order valence-corrected chi connectivity index (χ4v) is 4.08. The Morgan fingerprint density at radius 2 is 2.19 bits per heavy atom. The molecule has 1 aromatic carbocycles. The number of hydrogen-bond acceptors (Lipinski definition) is 3. The Bertz CT molecular complexity index is 445. The Hall–Kier alpha value is -0.880. The normalized spacial score (nSPS) is 18.8. The predicted octanol–water partition coefficient (Wildman–Crippen LogP) is 2.98. The van der Waals surface area contributed by atoms with E-state index in [-0.39, 0.29) is 5.82 Å². The molecule has 1 heterocycles. The van der Waals surface area contributed by atoms with Crippen molar-refractivity contribution < 1.29 is 4.39 Å². The topological polar surface area (TPSA) is 36.4 Å². The number of thioether (sulfide) groups is 2. The molecule has 0 radical (unpaired) electrons. The molecule has 6 heteroatoms. The Morgan fingerprint density at radius 3 is 2.86 bits per heavy atom. The van der Waals surface area contributed by atoms with Gasteiger partial charge in [0, 0.05) is 36.0 Å². The fraction of sp³-hybridized carbons (Fsp3) is 0.533. The lowest BCUT2D eigenvalue weighted by atomic mass is 10.2. The zero-order valence-electron chi connectivity index (χ0n) is 12.3. The largest absolute Gasteiger partial charge is 0.356 e. The maximum Gasteiger partial charge on any atom is 0.191 e. The van der Waals surface area contributed by atoms with Gasteiger partial charge in [-0.1, -0.05) is 0 Å². The number of nitrogens with one attached hydrogen (secondary N) is 2. The highest BCUT2D eigenvalue weighted by atomic mass is 32.2. The molecule has 1 atom stereocenters. The molecule has 21 heavy (non-hydrogen) atoms. The fourth-order valence-electron chi connectivity index (χ4n) is 2.11. The van der Waals surface area contributed by atoms with Crippen LogP contribution >= 0.6 is 23.5 Å². The van der Waals surface area contributed by atoms with E-state index < -0.39 is 0 Å². The van der Waals surface area contributed by atoms with E-state index in [9.17, 15) is 4.39 Å². The third-order valence-corrected chi connectivity index (χ3v) is 5.63. The molecule has 0 aliphatic carbocycles. The van der Waals surface area contributed by atoms with Gasteiger partial charge in [0.05, 0.1) is 0 Å². The molecule has 1 aromatic rings. The maximum atomic E-state index is 12.8. The zero-order valence-corrected chi connectivity index (χ0v) is 13.9. The molecular weight excluding hydrogens is 305 g/mol. The van der Waals surface area contributed by atoms with Crippen molar-refractivity contribution in [3.05, 3.63) is 30.1 Å². The minimum atomic E-state index is -0.188. The van der Waals surface area contributed by atoms with Crippen LogP contribution in [0, 0.1) is 5.82 Å². The van der Waals surface area contributed by atoms with Crippen LogP contribution in [0.5, 0.6) is 0 Å². The minimum Gasteiger partial charge on any atom is -0.356 e. The molecule has 1 aliphatic heterocycles. The smallest absolute Gasteiger partial charge is 0.191 e. The summed E-state index contributed by atoms with van der Waals surface area (Å²) in [6.45, 7) is 1.81. The minimum absolute atomic E-state index is 0.188. The lowest BCUT2D eigenvalue weighted by Crippen LogP contribution is -2.41. The Kier molecular flexibility index (Phi) is 7.23. The van der Waals surface area contributed by atoms with E-state index in [1.54, 1.807) is 18.8 Å². The molecule has 0 bridgehead atoms. The number of rotatable bonds is 6. The summed E-state index contributed by atoms with van der Waals surface area (Å²) in [4.78, 5) is 5.32. The molecule has 1 fully saturated rings. The first-order valence-corrected chi connectivity index (χ1v) is 9.26. The Morgan fingerprint density at radius 1 is 1.38 bits per heavy atom. The molecular formula is C15H22FN3S2. The van der Waals surface area contributed by atoms with E-state index in [4.69, 9.17) is 0 Å². The lowest BCUT2D eigenvalue weighted by molar-refractivity contribution is 0.626. The van der Waals surface area contributed by atoms with Gasteiger partial charge < -0.3 is 10.6 Å². The number of aliphatic imine (C=N–C) groups is 1. The average molecular weight is 327 g/mol. The Labute approximate surface area is 134 Å². The second-order valence-corrected chi connectivity index (χ2v) is 7.39. The summed E-state index contributed by atoms with van der Waals surface area (Å²) in [5.74, 6) is 2.88. The van der Waals surface area contributed by atoms with Crippen LogP contribution in [-0.4, -0.2) is 42.9 Å². The van der Waals surface area contributed by atoms with Gasteiger partial charge in [-0.25, -0.2) is 4.39 Å². The van der Waals surface area contributed by atoms with Gasteiger partial charge in [-0.15, -0.1) is 11.8 Å². The van der Waals surface area contributed by atoms with E-state index in [0.717, 1.165) is 34.9 Å². The van der Waals surface area contributed by atoms with Crippen LogP contribution in [0.1, 0.15) is 12.8 Å². The van der Waals surface area contributed by atoms with Gasteiger partial charge in [0.2, 0.25) is 0 Å². The van der Waals surface area contributed by atoms with E-state index in [1.807, 2.05) is 23.9 Å². The quantitative estimate of drug-likeness (QED) is 0.364. The molecule has 1 unspecified atom stereocenters. The highest BCUT2D eigenvalue weighted by Crippen LogP contribution is 2.25. The second-order valence-electron chi connectivity index (χ2n) is 4.82. The molecule has 1 saturated heterocycles. The zero-order chi connectivity index (χ0) is 14.9. The number of halogens is 1. The molecule has 116 valence electrons. The summed E-state index contributed by atoms with van der Waals surface area (Å²) >= 11 is 3.75. The van der Waals surface area contributed by atoms with Crippen molar-refractivity contribution in [2.45, 2.75) is 23.0 Å². The highest BCUT2D eigenvalue weighted by molar-refractivity contribution is 8.00. The highest BCUT2D eigenvalue weighted by Gasteiger charge is 2.15. The van der Waals surface area contributed by atoms with Crippen molar-refractivity contribution >= 4 is 29.5 Å². The summed E-state index contributed by atoms with van der Waals surface area (Å²) in [6.07, 6.45) is 2.63. The van der Waals surface area contributed by atoms with Gasteiger partial charge in [0.15, 0.2) is 5.96 Å². The van der Waals surface area contributed by atoms with Gasteiger partial charge in [-0.2, -0.15) is 11.8 Å². The monoisotopic (exact) mass is 327 g/mol. The number of benzene rings is 1. The van der Waals surface area contributed by atoms with Gasteiger partial charge >= 0.3 is 0 Å². The SMILES string of the molecule is CN=C(NCCSc1ccc(F)cc1)NCC1CCCS1. The van der Waals surface area contributed by atoms with E-state index in [0.29, 0.717) is 0 Å². The summed E-state index contributed by atoms with van der Waals surface area (Å²) < 4.78 is 12.8. The van der Waals surface area contributed by atoms with Gasteiger partial charge in [-0.05, 0) is 42.9 Å². The van der Waals surface area contributed by atoms with E-state index >= 15 is 0 Å². The summed E-state index contributed by atoms with van der Waals surface area (Å²) in [5.41, 5.74) is 0. The van der Waals surface area contributed by atoms with Crippen LogP contribution in [0.3, 0.4) is 0 Å². The van der Waals surface area contributed by atoms with Crippen molar-refractivity contribution in [3.8, 4) is 0 Å². The molecule has 3 nitrogen and oxygen atoms in total. The first kappa shape index (κ1) is 16.5. The van der Waals surface area contributed by atoms with Gasteiger partial charge in [-0.3, -0.25) is 4.99 Å². The third-order valence-electron chi connectivity index (χ3n) is 3.22. The van der Waals surface area contributed by atoms with Crippen molar-refractivity contribution in [1.29, 1.82) is 0 Å². The first-order chi connectivity index (χ1) is 10.3. The van der Waals surface area contributed by atoms with Crippen molar-refractivity contribution in [1.82, 2.24) is 10.6 Å². The molecule has 0 amide bonds. The van der Waals surface area contributed by atoms with Crippen LogP contribution in [0.15, 0.2) is 34.2 Å². The molecule has 1 aliphatic rings. The predicted molar refractivity (Wildman–Crippen MR) is 92.0 cm³/mol. The van der Waals surface area contributed by atoms with E-state index in [2.05, 4.69) is 15.6 Å². The van der Waals surface area contributed by atoms with Crippen molar-refractivity contribution in [2.24, 2.45) is 4.99 Å². The Balaban J connectivity index is 1.60. The summed E-state index contributed by atoms with van der Waals surface area (Å²) in [5, 5.41) is 7.41. The number of guanidine groups is 1. The number of hydrogen-bond donors (Lipinski definition) is 2.